The molecule has 3 aromatic rings. The van der Waals surface area contributed by atoms with E-state index in [4.69, 9.17) is 4.74 Å². The molecule has 142 valence electrons. The summed E-state index contributed by atoms with van der Waals surface area (Å²) in [4.78, 5) is 4.33. The third-order valence-corrected chi connectivity index (χ3v) is 6.20. The van der Waals surface area contributed by atoms with Crippen LogP contribution in [-0.4, -0.2) is 41.6 Å². The van der Waals surface area contributed by atoms with E-state index in [0.717, 1.165) is 16.8 Å². The van der Waals surface area contributed by atoms with Gasteiger partial charge in [-0.3, -0.25) is 4.68 Å². The zero-order valence-corrected chi connectivity index (χ0v) is 16.6. The second-order valence-corrected chi connectivity index (χ2v) is 8.27. The van der Waals surface area contributed by atoms with Crippen molar-refractivity contribution in [2.24, 2.45) is 7.05 Å². The first-order chi connectivity index (χ1) is 12.8. The number of aromatic nitrogens is 3. The van der Waals surface area contributed by atoms with Crippen molar-refractivity contribution in [2.45, 2.75) is 18.4 Å². The Morgan fingerprint density at radius 2 is 1.96 bits per heavy atom. The molecule has 0 spiro atoms. The van der Waals surface area contributed by atoms with Gasteiger partial charge in [-0.25, -0.2) is 13.4 Å². The van der Waals surface area contributed by atoms with Crippen molar-refractivity contribution in [1.82, 2.24) is 19.1 Å². The van der Waals surface area contributed by atoms with Crippen LogP contribution in [0.25, 0.3) is 11.1 Å². The molecule has 2 aromatic heterocycles. The fourth-order valence-electron chi connectivity index (χ4n) is 2.92. The van der Waals surface area contributed by atoms with Crippen LogP contribution in [-0.2, 0) is 23.6 Å². The Labute approximate surface area is 159 Å². The lowest BCUT2D eigenvalue weighted by Crippen LogP contribution is -2.27. The first-order valence-corrected chi connectivity index (χ1v) is 9.82. The summed E-state index contributed by atoms with van der Waals surface area (Å²) in [6, 6.07) is 10.4. The fourth-order valence-corrected chi connectivity index (χ4v) is 4.27. The standard InChI is InChI=1S/C19H22N4O3S/c1-14-16(12-22(2)21-14)13-23(3)27(24,25)18-8-6-5-7-17(18)15-9-10-20-19(11-15)26-4/h5-12H,13H2,1-4H3. The zero-order chi connectivity index (χ0) is 19.6. The van der Waals surface area contributed by atoms with Crippen LogP contribution in [0.5, 0.6) is 5.88 Å². The average Bonchev–Trinajstić information content (AvgIpc) is 2.98. The summed E-state index contributed by atoms with van der Waals surface area (Å²) in [6.45, 7) is 2.11. The molecule has 27 heavy (non-hydrogen) atoms. The number of sulfonamides is 1. The highest BCUT2D eigenvalue weighted by atomic mass is 32.2. The molecule has 0 unspecified atom stereocenters. The monoisotopic (exact) mass is 386 g/mol. The van der Waals surface area contributed by atoms with Gasteiger partial charge in [-0.1, -0.05) is 18.2 Å². The second kappa shape index (κ2) is 7.50. The smallest absolute Gasteiger partial charge is 0.243 e. The fraction of sp³-hybridized carbons (Fsp3) is 0.263. The predicted octanol–water partition coefficient (Wildman–Crippen LogP) is 2.62. The molecule has 0 bridgehead atoms. The minimum Gasteiger partial charge on any atom is -0.481 e. The number of methoxy groups -OCH3 is 1. The van der Waals surface area contributed by atoms with E-state index < -0.39 is 10.0 Å². The second-order valence-electron chi connectivity index (χ2n) is 6.26. The third-order valence-electron chi connectivity index (χ3n) is 4.34. The largest absolute Gasteiger partial charge is 0.481 e. The van der Waals surface area contributed by atoms with Crippen molar-refractivity contribution in [1.29, 1.82) is 0 Å². The molecule has 8 heteroatoms. The van der Waals surface area contributed by atoms with Crippen LogP contribution in [0.15, 0.2) is 53.7 Å². The minimum absolute atomic E-state index is 0.238. The van der Waals surface area contributed by atoms with Crippen LogP contribution in [0.2, 0.25) is 0 Å². The molecular formula is C19H22N4O3S. The average molecular weight is 386 g/mol. The lowest BCUT2D eigenvalue weighted by Gasteiger charge is -2.19. The number of hydrogen-bond acceptors (Lipinski definition) is 5. The first-order valence-electron chi connectivity index (χ1n) is 8.38. The molecule has 0 radical (unpaired) electrons. The van der Waals surface area contributed by atoms with Gasteiger partial charge >= 0.3 is 0 Å². The number of pyridine rings is 1. The van der Waals surface area contributed by atoms with E-state index in [1.807, 2.05) is 26.2 Å². The van der Waals surface area contributed by atoms with Gasteiger partial charge in [-0.15, -0.1) is 0 Å². The molecule has 0 aliphatic heterocycles. The van der Waals surface area contributed by atoms with Crippen molar-refractivity contribution in [2.75, 3.05) is 14.2 Å². The van der Waals surface area contributed by atoms with E-state index in [0.29, 0.717) is 11.4 Å². The van der Waals surface area contributed by atoms with Crippen LogP contribution in [0.3, 0.4) is 0 Å². The Balaban J connectivity index is 2.00. The van der Waals surface area contributed by atoms with Crippen LogP contribution in [0.4, 0.5) is 0 Å². The summed E-state index contributed by atoms with van der Waals surface area (Å²) in [5, 5.41) is 4.28. The first kappa shape index (κ1) is 19.1. The Morgan fingerprint density at radius 1 is 1.22 bits per heavy atom. The van der Waals surface area contributed by atoms with Gasteiger partial charge in [-0.2, -0.15) is 9.40 Å². The molecule has 0 saturated carbocycles. The maximum atomic E-state index is 13.3. The van der Waals surface area contributed by atoms with E-state index in [1.165, 1.54) is 11.4 Å². The molecule has 0 saturated heterocycles. The molecule has 0 N–H and O–H groups in total. The predicted molar refractivity (Wildman–Crippen MR) is 103 cm³/mol. The maximum absolute atomic E-state index is 13.3. The lowest BCUT2D eigenvalue weighted by atomic mass is 10.1. The molecule has 7 nitrogen and oxygen atoms in total. The van der Waals surface area contributed by atoms with Crippen molar-refractivity contribution >= 4 is 10.0 Å². The highest BCUT2D eigenvalue weighted by molar-refractivity contribution is 7.89. The van der Waals surface area contributed by atoms with Gasteiger partial charge in [0.05, 0.1) is 17.7 Å². The number of rotatable bonds is 6. The van der Waals surface area contributed by atoms with Gasteiger partial charge < -0.3 is 4.74 Å². The van der Waals surface area contributed by atoms with Crippen LogP contribution in [0, 0.1) is 6.92 Å². The van der Waals surface area contributed by atoms with Crippen LogP contribution in [0.1, 0.15) is 11.3 Å². The number of aryl methyl sites for hydroxylation is 2. The summed E-state index contributed by atoms with van der Waals surface area (Å²) < 4.78 is 34.7. The van der Waals surface area contributed by atoms with E-state index in [-0.39, 0.29) is 11.4 Å². The van der Waals surface area contributed by atoms with Gasteiger partial charge in [-0.05, 0) is 24.6 Å². The summed E-state index contributed by atoms with van der Waals surface area (Å²) in [6.07, 6.45) is 3.43. The molecule has 1 aromatic carbocycles. The molecule has 0 aliphatic carbocycles. The van der Waals surface area contributed by atoms with Crippen molar-refractivity contribution in [3.63, 3.8) is 0 Å². The number of nitrogens with zero attached hydrogens (tertiary/aromatic N) is 4. The molecule has 0 aliphatic rings. The SMILES string of the molecule is COc1cc(-c2ccccc2S(=O)(=O)N(C)Cc2cn(C)nc2C)ccn1. The zero-order valence-electron chi connectivity index (χ0n) is 15.7. The number of ether oxygens (including phenoxy) is 1. The molecule has 3 rings (SSSR count). The Bertz CT molecular complexity index is 1060. The van der Waals surface area contributed by atoms with E-state index >= 15 is 0 Å². The molecule has 0 fully saturated rings. The summed E-state index contributed by atoms with van der Waals surface area (Å²) in [5.74, 6) is 0.430. The van der Waals surface area contributed by atoms with Crippen LogP contribution < -0.4 is 4.74 Å². The summed E-state index contributed by atoms with van der Waals surface area (Å²) >= 11 is 0. The Morgan fingerprint density at radius 3 is 2.63 bits per heavy atom. The summed E-state index contributed by atoms with van der Waals surface area (Å²) in [7, 11) is 1.21. The molecular weight excluding hydrogens is 364 g/mol. The van der Waals surface area contributed by atoms with E-state index in [2.05, 4.69) is 10.1 Å². The van der Waals surface area contributed by atoms with Crippen molar-refractivity contribution < 1.29 is 13.2 Å². The number of benzene rings is 1. The topological polar surface area (TPSA) is 77.3 Å². The third kappa shape index (κ3) is 3.86. The lowest BCUT2D eigenvalue weighted by molar-refractivity contribution is 0.398. The van der Waals surface area contributed by atoms with E-state index in [9.17, 15) is 8.42 Å². The molecule has 2 heterocycles. The normalized spacial score (nSPS) is 11.7. The quantitative estimate of drug-likeness (QED) is 0.651. The van der Waals surface area contributed by atoms with Gasteiger partial charge in [0.2, 0.25) is 15.9 Å². The van der Waals surface area contributed by atoms with Crippen LogP contribution >= 0.6 is 0 Å². The number of hydrogen-bond donors (Lipinski definition) is 0. The highest BCUT2D eigenvalue weighted by Crippen LogP contribution is 2.30. The van der Waals surface area contributed by atoms with Gasteiger partial charge in [0, 0.05) is 50.2 Å². The maximum Gasteiger partial charge on any atom is 0.243 e. The minimum atomic E-state index is -3.71. The molecule has 0 amide bonds. The van der Waals surface area contributed by atoms with Crippen molar-refractivity contribution in [3.05, 3.63) is 60.0 Å². The van der Waals surface area contributed by atoms with Gasteiger partial charge in [0.15, 0.2) is 0 Å². The Hall–Kier alpha value is -2.71. The highest BCUT2D eigenvalue weighted by Gasteiger charge is 2.25. The van der Waals surface area contributed by atoms with Gasteiger partial charge in [0.25, 0.3) is 0 Å². The molecule has 0 atom stereocenters. The Kier molecular flexibility index (Phi) is 5.29. The van der Waals surface area contributed by atoms with E-state index in [1.54, 1.807) is 48.3 Å². The van der Waals surface area contributed by atoms with Gasteiger partial charge in [0.1, 0.15) is 0 Å². The van der Waals surface area contributed by atoms with Crippen molar-refractivity contribution in [3.8, 4) is 17.0 Å². The summed E-state index contributed by atoms with van der Waals surface area (Å²) in [5.41, 5.74) is 3.01.